The van der Waals surface area contributed by atoms with Gasteiger partial charge in [0.05, 0.1) is 40.0 Å². The quantitative estimate of drug-likeness (QED) is 0.396. The molecule has 190 valence electrons. The summed E-state index contributed by atoms with van der Waals surface area (Å²) in [5.41, 5.74) is 4.83. The molecule has 36 heavy (non-hydrogen) atoms. The molecule has 0 spiro atoms. The van der Waals surface area contributed by atoms with Crippen molar-refractivity contribution in [2.45, 2.75) is 46.6 Å². The number of hydrogen-bond donors (Lipinski definition) is 0. The average molecular weight is 573 g/mol. The lowest BCUT2D eigenvalue weighted by Gasteiger charge is -2.26. The summed E-state index contributed by atoms with van der Waals surface area (Å²) >= 11 is 4.90. The summed E-state index contributed by atoms with van der Waals surface area (Å²) in [6.45, 7) is 8.12. The summed E-state index contributed by atoms with van der Waals surface area (Å²) in [4.78, 5) is 32.5. The van der Waals surface area contributed by atoms with E-state index in [-0.39, 0.29) is 12.2 Å². The van der Waals surface area contributed by atoms with Crippen LogP contribution in [0.4, 0.5) is 0 Å². The van der Waals surface area contributed by atoms with Gasteiger partial charge in [-0.05, 0) is 78.5 Å². The fourth-order valence-electron chi connectivity index (χ4n) is 4.46. The maximum atomic E-state index is 13.9. The van der Waals surface area contributed by atoms with Crippen LogP contribution in [0.2, 0.25) is 0 Å². The Labute approximate surface area is 222 Å². The predicted molar refractivity (Wildman–Crippen MR) is 145 cm³/mol. The molecule has 0 N–H and O–H groups in total. The Morgan fingerprint density at radius 1 is 1.25 bits per heavy atom. The van der Waals surface area contributed by atoms with Gasteiger partial charge in [0.25, 0.3) is 5.56 Å². The number of halogens is 1. The Morgan fingerprint density at radius 3 is 2.58 bits per heavy atom. The SMILES string of the molecule is CCCC1=C(C(=O)OCC)[C@H](c2ccc(OC)c(Br)c2)n2c(s/c(=C/c3cc(C)n(C)c3C)c2=O)=N1. The molecular weight excluding hydrogens is 542 g/mol. The first-order valence-electron chi connectivity index (χ1n) is 11.9. The molecule has 0 fully saturated rings. The van der Waals surface area contributed by atoms with Crippen LogP contribution < -0.4 is 19.6 Å². The topological polar surface area (TPSA) is 74.8 Å². The highest BCUT2D eigenvalue weighted by Crippen LogP contribution is 2.36. The van der Waals surface area contributed by atoms with Gasteiger partial charge in [0.15, 0.2) is 4.80 Å². The van der Waals surface area contributed by atoms with Gasteiger partial charge in [0.1, 0.15) is 5.75 Å². The molecule has 0 saturated carbocycles. The number of esters is 1. The number of fused-ring (bicyclic) bond motifs is 1. The summed E-state index contributed by atoms with van der Waals surface area (Å²) in [5, 5.41) is 0. The molecule has 3 aromatic rings. The average Bonchev–Trinajstić information content (AvgIpc) is 3.28. The molecule has 1 aliphatic heterocycles. The molecule has 0 aliphatic carbocycles. The number of carbonyl (C=O) groups excluding carboxylic acids is 1. The number of methoxy groups -OCH3 is 1. The van der Waals surface area contributed by atoms with Crippen molar-refractivity contribution < 1.29 is 14.3 Å². The van der Waals surface area contributed by atoms with E-state index in [1.165, 1.54) is 11.3 Å². The van der Waals surface area contributed by atoms with Crippen molar-refractivity contribution in [1.82, 2.24) is 9.13 Å². The highest BCUT2D eigenvalue weighted by atomic mass is 79.9. The molecule has 7 nitrogen and oxygen atoms in total. The van der Waals surface area contributed by atoms with Crippen molar-refractivity contribution in [1.29, 1.82) is 0 Å². The van der Waals surface area contributed by atoms with Crippen LogP contribution in [0.15, 0.2) is 49.8 Å². The number of hydrogen-bond acceptors (Lipinski definition) is 6. The zero-order valence-electron chi connectivity index (χ0n) is 21.3. The molecule has 4 rings (SSSR count). The zero-order chi connectivity index (χ0) is 26.1. The predicted octanol–water partition coefficient (Wildman–Crippen LogP) is 4.30. The lowest BCUT2D eigenvalue weighted by molar-refractivity contribution is -0.139. The number of rotatable bonds is 7. The zero-order valence-corrected chi connectivity index (χ0v) is 23.7. The molecule has 0 radical (unpaired) electrons. The van der Waals surface area contributed by atoms with Crippen LogP contribution in [0.3, 0.4) is 0 Å². The van der Waals surface area contributed by atoms with Crippen molar-refractivity contribution in [3.63, 3.8) is 0 Å². The Hall–Kier alpha value is -2.91. The van der Waals surface area contributed by atoms with Crippen LogP contribution in [0.1, 0.15) is 55.2 Å². The van der Waals surface area contributed by atoms with Crippen molar-refractivity contribution in [2.75, 3.05) is 13.7 Å². The number of aromatic nitrogens is 2. The number of aryl methyl sites for hydroxylation is 1. The Balaban J connectivity index is 2.02. The monoisotopic (exact) mass is 571 g/mol. The third-order valence-corrected chi connectivity index (χ3v) is 8.09. The van der Waals surface area contributed by atoms with Gasteiger partial charge in [-0.1, -0.05) is 30.7 Å². The second kappa shape index (κ2) is 10.6. The summed E-state index contributed by atoms with van der Waals surface area (Å²) in [6, 6.07) is 7.00. The van der Waals surface area contributed by atoms with E-state index in [9.17, 15) is 9.59 Å². The van der Waals surface area contributed by atoms with Gasteiger partial charge in [0.2, 0.25) is 0 Å². The van der Waals surface area contributed by atoms with E-state index in [1.54, 1.807) is 18.6 Å². The number of benzene rings is 1. The highest BCUT2D eigenvalue weighted by molar-refractivity contribution is 9.10. The fourth-order valence-corrected chi connectivity index (χ4v) is 6.03. The van der Waals surface area contributed by atoms with E-state index < -0.39 is 12.0 Å². The molecule has 0 saturated heterocycles. The molecule has 9 heteroatoms. The maximum Gasteiger partial charge on any atom is 0.338 e. The Morgan fingerprint density at radius 2 is 2.00 bits per heavy atom. The number of thiazole rings is 1. The Bertz CT molecular complexity index is 1540. The van der Waals surface area contributed by atoms with E-state index in [0.717, 1.165) is 33.4 Å². The van der Waals surface area contributed by atoms with Crippen LogP contribution in [-0.2, 0) is 16.6 Å². The van der Waals surface area contributed by atoms with E-state index in [0.29, 0.717) is 32.8 Å². The maximum absolute atomic E-state index is 13.9. The van der Waals surface area contributed by atoms with Gasteiger partial charge >= 0.3 is 5.97 Å². The minimum atomic E-state index is -0.662. The van der Waals surface area contributed by atoms with Gasteiger partial charge < -0.3 is 14.0 Å². The van der Waals surface area contributed by atoms with Crippen LogP contribution in [0.5, 0.6) is 5.75 Å². The summed E-state index contributed by atoms with van der Waals surface area (Å²) in [5.74, 6) is 0.210. The number of ether oxygens (including phenoxy) is 2. The Kier molecular flexibility index (Phi) is 7.70. The first-order valence-corrected chi connectivity index (χ1v) is 13.5. The number of carbonyl (C=O) groups is 1. The second-order valence-electron chi connectivity index (χ2n) is 8.69. The van der Waals surface area contributed by atoms with E-state index >= 15 is 0 Å². The third kappa shape index (κ3) is 4.62. The molecule has 0 bridgehead atoms. The smallest absolute Gasteiger partial charge is 0.338 e. The number of nitrogens with zero attached hydrogens (tertiary/aromatic N) is 3. The third-order valence-electron chi connectivity index (χ3n) is 6.48. The molecule has 0 amide bonds. The van der Waals surface area contributed by atoms with Crippen LogP contribution in [-0.4, -0.2) is 28.8 Å². The molecular formula is C27H30BrN3O4S. The van der Waals surface area contributed by atoms with Crippen molar-refractivity contribution >= 4 is 39.3 Å². The van der Waals surface area contributed by atoms with Crippen molar-refractivity contribution in [3.8, 4) is 5.75 Å². The van der Waals surface area contributed by atoms with Gasteiger partial charge in [0, 0.05) is 18.4 Å². The van der Waals surface area contributed by atoms with Crippen LogP contribution in [0, 0.1) is 13.8 Å². The molecule has 2 aromatic heterocycles. The lowest BCUT2D eigenvalue weighted by atomic mass is 9.94. The second-order valence-corrected chi connectivity index (χ2v) is 10.6. The van der Waals surface area contributed by atoms with Gasteiger partial charge in [-0.2, -0.15) is 0 Å². The minimum absolute atomic E-state index is 0.186. The first kappa shape index (κ1) is 26.2. The fraction of sp³-hybridized carbons (Fsp3) is 0.370. The van der Waals surface area contributed by atoms with Crippen LogP contribution >= 0.6 is 27.3 Å². The summed E-state index contributed by atoms with van der Waals surface area (Å²) in [7, 11) is 3.60. The molecule has 1 aliphatic rings. The molecule has 1 atom stereocenters. The lowest BCUT2D eigenvalue weighted by Crippen LogP contribution is -2.40. The van der Waals surface area contributed by atoms with Gasteiger partial charge in [-0.3, -0.25) is 9.36 Å². The first-order chi connectivity index (χ1) is 17.2. The normalized spacial score (nSPS) is 15.6. The molecule has 1 aromatic carbocycles. The van der Waals surface area contributed by atoms with E-state index in [4.69, 9.17) is 14.5 Å². The van der Waals surface area contributed by atoms with Crippen molar-refractivity contribution in [2.24, 2.45) is 12.0 Å². The van der Waals surface area contributed by atoms with Gasteiger partial charge in [-0.15, -0.1) is 0 Å². The minimum Gasteiger partial charge on any atom is -0.496 e. The number of allylic oxidation sites excluding steroid dienone is 1. The largest absolute Gasteiger partial charge is 0.496 e. The standard InChI is InChI=1S/C27H30BrN3O4S/c1-7-9-20-23(26(33)35-8-2)24(17-10-11-21(34-6)19(28)13-17)31-25(32)22(36-27(31)29-20)14-18-12-15(3)30(5)16(18)4/h10-14,24H,7-9H2,1-6H3/b22-14+/t24-/m0/s1. The summed E-state index contributed by atoms with van der Waals surface area (Å²) in [6.07, 6.45) is 3.32. The summed E-state index contributed by atoms with van der Waals surface area (Å²) < 4.78 is 15.9. The molecule has 3 heterocycles. The highest BCUT2D eigenvalue weighted by Gasteiger charge is 2.34. The molecule has 0 unspecified atom stereocenters. The van der Waals surface area contributed by atoms with Crippen LogP contribution in [0.25, 0.3) is 6.08 Å². The van der Waals surface area contributed by atoms with Crippen molar-refractivity contribution in [3.05, 3.63) is 82.2 Å². The van der Waals surface area contributed by atoms with Gasteiger partial charge in [-0.25, -0.2) is 9.79 Å². The van der Waals surface area contributed by atoms with E-state index in [2.05, 4.69) is 26.6 Å². The van der Waals surface area contributed by atoms with E-state index in [1.807, 2.05) is 52.1 Å².